The monoisotopic (exact) mass is 257 g/mol. The average Bonchev–Trinajstić information content (AvgIpc) is 2.20. The van der Waals surface area contributed by atoms with Crippen LogP contribution < -0.4 is 4.74 Å². The van der Waals surface area contributed by atoms with Crippen LogP contribution in [0.1, 0.15) is 6.92 Å². The molecule has 14 heavy (non-hydrogen) atoms. The predicted molar refractivity (Wildman–Crippen MR) is 58.5 cm³/mol. The van der Waals surface area contributed by atoms with E-state index < -0.39 is 0 Å². The van der Waals surface area contributed by atoms with Crippen LogP contribution in [0.5, 0.6) is 5.75 Å². The van der Waals surface area contributed by atoms with Crippen molar-refractivity contribution in [1.29, 1.82) is 0 Å². The molecule has 0 aliphatic rings. The Balaban J connectivity index is 2.60. The average molecular weight is 258 g/mol. The van der Waals surface area contributed by atoms with Crippen LogP contribution >= 0.6 is 15.9 Å². The standard InChI is InChI=1S/C10H12BrNO2/c1-3-12(2)10(13)14-9-6-4-8(11)5-7-9/h4-7H,3H2,1-2H3. The van der Waals surface area contributed by atoms with E-state index in [9.17, 15) is 4.79 Å². The molecule has 0 saturated carbocycles. The fraction of sp³-hybridized carbons (Fsp3) is 0.300. The van der Waals surface area contributed by atoms with E-state index in [1.165, 1.54) is 4.90 Å². The second-order valence-electron chi connectivity index (χ2n) is 2.84. The summed E-state index contributed by atoms with van der Waals surface area (Å²) in [5.41, 5.74) is 0. The van der Waals surface area contributed by atoms with Gasteiger partial charge in [-0.2, -0.15) is 0 Å². The van der Waals surface area contributed by atoms with Crippen molar-refractivity contribution in [3.8, 4) is 5.75 Å². The SMILES string of the molecule is CCN(C)C(=O)Oc1ccc(Br)cc1. The maximum Gasteiger partial charge on any atom is 0.414 e. The third-order valence-electron chi connectivity index (χ3n) is 1.80. The molecule has 0 aliphatic carbocycles. The Labute approximate surface area is 91.8 Å². The number of rotatable bonds is 2. The van der Waals surface area contributed by atoms with Crippen molar-refractivity contribution in [2.45, 2.75) is 6.92 Å². The van der Waals surface area contributed by atoms with Gasteiger partial charge in [0.2, 0.25) is 0 Å². The van der Waals surface area contributed by atoms with Gasteiger partial charge >= 0.3 is 6.09 Å². The summed E-state index contributed by atoms with van der Waals surface area (Å²) in [6.07, 6.45) is -0.338. The minimum Gasteiger partial charge on any atom is -0.410 e. The number of halogens is 1. The van der Waals surface area contributed by atoms with E-state index >= 15 is 0 Å². The van der Waals surface area contributed by atoms with Crippen LogP contribution in [0.2, 0.25) is 0 Å². The van der Waals surface area contributed by atoms with Gasteiger partial charge < -0.3 is 9.64 Å². The van der Waals surface area contributed by atoms with Crippen molar-refractivity contribution in [3.05, 3.63) is 28.7 Å². The van der Waals surface area contributed by atoms with Gasteiger partial charge in [0.25, 0.3) is 0 Å². The van der Waals surface area contributed by atoms with Crippen molar-refractivity contribution in [2.24, 2.45) is 0 Å². The summed E-state index contributed by atoms with van der Waals surface area (Å²) in [4.78, 5) is 12.8. The number of hydrogen-bond donors (Lipinski definition) is 0. The first-order valence-corrected chi connectivity index (χ1v) is 5.11. The van der Waals surface area contributed by atoms with Crippen LogP contribution in [0, 0.1) is 0 Å². The predicted octanol–water partition coefficient (Wildman–Crippen LogP) is 2.90. The van der Waals surface area contributed by atoms with Crippen molar-refractivity contribution < 1.29 is 9.53 Å². The Bertz CT molecular complexity index is 310. The Morgan fingerprint density at radius 1 is 1.43 bits per heavy atom. The first-order chi connectivity index (χ1) is 6.63. The lowest BCUT2D eigenvalue weighted by Crippen LogP contribution is -2.29. The van der Waals surface area contributed by atoms with E-state index in [2.05, 4.69) is 15.9 Å². The van der Waals surface area contributed by atoms with E-state index in [0.717, 1.165) is 4.47 Å². The molecule has 0 heterocycles. The fourth-order valence-electron chi connectivity index (χ4n) is 0.810. The van der Waals surface area contributed by atoms with E-state index in [1.54, 1.807) is 19.2 Å². The van der Waals surface area contributed by atoms with Crippen molar-refractivity contribution in [2.75, 3.05) is 13.6 Å². The van der Waals surface area contributed by atoms with Crippen LogP contribution in [0.25, 0.3) is 0 Å². The highest BCUT2D eigenvalue weighted by Crippen LogP contribution is 2.16. The molecular formula is C10H12BrNO2. The smallest absolute Gasteiger partial charge is 0.410 e. The second kappa shape index (κ2) is 5.00. The number of ether oxygens (including phenoxy) is 1. The van der Waals surface area contributed by atoms with Gasteiger partial charge in [0.05, 0.1) is 0 Å². The van der Waals surface area contributed by atoms with Crippen LogP contribution in [0.3, 0.4) is 0 Å². The van der Waals surface area contributed by atoms with Crippen LogP contribution in [-0.4, -0.2) is 24.6 Å². The van der Waals surface area contributed by atoms with Crippen molar-refractivity contribution in [1.82, 2.24) is 4.90 Å². The first kappa shape index (κ1) is 11.0. The molecule has 0 saturated heterocycles. The maximum atomic E-state index is 11.3. The summed E-state index contributed by atoms with van der Waals surface area (Å²) in [6, 6.07) is 7.14. The Kier molecular flexibility index (Phi) is 3.95. The van der Waals surface area contributed by atoms with Gasteiger partial charge in [-0.1, -0.05) is 15.9 Å². The molecule has 0 atom stereocenters. The van der Waals surface area contributed by atoms with Crippen LogP contribution in [-0.2, 0) is 0 Å². The summed E-state index contributed by atoms with van der Waals surface area (Å²) in [5, 5.41) is 0. The largest absolute Gasteiger partial charge is 0.414 e. The molecule has 1 rings (SSSR count). The van der Waals surface area contributed by atoms with Crippen LogP contribution in [0.15, 0.2) is 28.7 Å². The lowest BCUT2D eigenvalue weighted by Gasteiger charge is -2.13. The Morgan fingerprint density at radius 2 is 2.00 bits per heavy atom. The number of hydrogen-bond acceptors (Lipinski definition) is 2. The number of nitrogens with zero attached hydrogens (tertiary/aromatic N) is 1. The molecule has 0 radical (unpaired) electrons. The molecule has 3 nitrogen and oxygen atoms in total. The van der Waals surface area contributed by atoms with Crippen LogP contribution in [0.4, 0.5) is 4.79 Å². The number of benzene rings is 1. The molecule has 0 N–H and O–H groups in total. The summed E-state index contributed by atoms with van der Waals surface area (Å²) in [6.45, 7) is 2.53. The molecule has 0 fully saturated rings. The lowest BCUT2D eigenvalue weighted by atomic mass is 10.3. The van der Waals surface area contributed by atoms with E-state index in [1.807, 2.05) is 19.1 Å². The molecule has 1 amide bonds. The Hall–Kier alpha value is -1.03. The van der Waals surface area contributed by atoms with Crippen molar-refractivity contribution >= 4 is 22.0 Å². The zero-order valence-electron chi connectivity index (χ0n) is 8.16. The topological polar surface area (TPSA) is 29.5 Å². The zero-order valence-corrected chi connectivity index (χ0v) is 9.74. The first-order valence-electron chi connectivity index (χ1n) is 4.32. The molecule has 76 valence electrons. The van der Waals surface area contributed by atoms with Gasteiger partial charge in [-0.25, -0.2) is 4.79 Å². The molecule has 0 unspecified atom stereocenters. The second-order valence-corrected chi connectivity index (χ2v) is 3.75. The quantitative estimate of drug-likeness (QED) is 0.816. The van der Waals surface area contributed by atoms with Gasteiger partial charge in [0, 0.05) is 18.1 Å². The molecule has 0 aromatic heterocycles. The number of amides is 1. The van der Waals surface area contributed by atoms with E-state index in [0.29, 0.717) is 12.3 Å². The molecule has 0 spiro atoms. The van der Waals surface area contributed by atoms with E-state index in [-0.39, 0.29) is 6.09 Å². The van der Waals surface area contributed by atoms with Gasteiger partial charge in [-0.3, -0.25) is 0 Å². The lowest BCUT2D eigenvalue weighted by molar-refractivity contribution is 0.165. The summed E-state index contributed by atoms with van der Waals surface area (Å²) in [7, 11) is 1.70. The highest BCUT2D eigenvalue weighted by molar-refractivity contribution is 9.10. The normalized spacial score (nSPS) is 9.64. The highest BCUT2D eigenvalue weighted by atomic mass is 79.9. The molecule has 1 aromatic rings. The van der Waals surface area contributed by atoms with Gasteiger partial charge in [-0.05, 0) is 31.2 Å². The van der Waals surface area contributed by atoms with Gasteiger partial charge in [-0.15, -0.1) is 0 Å². The number of carbonyl (C=O) groups is 1. The molecule has 1 aromatic carbocycles. The third-order valence-corrected chi connectivity index (χ3v) is 2.33. The molecular weight excluding hydrogens is 246 g/mol. The third kappa shape index (κ3) is 3.03. The summed E-state index contributed by atoms with van der Waals surface area (Å²) >= 11 is 3.30. The maximum absolute atomic E-state index is 11.3. The fourth-order valence-corrected chi connectivity index (χ4v) is 1.07. The van der Waals surface area contributed by atoms with Crippen molar-refractivity contribution in [3.63, 3.8) is 0 Å². The molecule has 0 bridgehead atoms. The summed E-state index contributed by atoms with van der Waals surface area (Å²) in [5.74, 6) is 0.554. The van der Waals surface area contributed by atoms with E-state index in [4.69, 9.17) is 4.74 Å². The Morgan fingerprint density at radius 3 is 2.50 bits per heavy atom. The minimum absolute atomic E-state index is 0.338. The summed E-state index contributed by atoms with van der Waals surface area (Å²) < 4.78 is 6.05. The molecule has 0 aliphatic heterocycles. The zero-order chi connectivity index (χ0) is 10.6. The highest BCUT2D eigenvalue weighted by Gasteiger charge is 2.08. The number of carbonyl (C=O) groups excluding carboxylic acids is 1. The minimum atomic E-state index is -0.338. The van der Waals surface area contributed by atoms with Gasteiger partial charge in [0.1, 0.15) is 5.75 Å². The molecule has 4 heteroatoms. The van der Waals surface area contributed by atoms with Gasteiger partial charge in [0.15, 0.2) is 0 Å².